The first-order valence-corrected chi connectivity index (χ1v) is 8.93. The molecule has 24 heavy (non-hydrogen) atoms. The highest BCUT2D eigenvalue weighted by Gasteiger charge is 2.17. The van der Waals surface area contributed by atoms with Crippen molar-refractivity contribution in [2.75, 3.05) is 11.1 Å². The Morgan fingerprint density at radius 3 is 3.12 bits per heavy atom. The van der Waals surface area contributed by atoms with Gasteiger partial charge in [0.1, 0.15) is 16.9 Å². The molecule has 5 nitrogen and oxygen atoms in total. The zero-order valence-electron chi connectivity index (χ0n) is 13.5. The van der Waals surface area contributed by atoms with Gasteiger partial charge in [-0.3, -0.25) is 4.79 Å². The Morgan fingerprint density at radius 2 is 2.33 bits per heavy atom. The quantitative estimate of drug-likeness (QED) is 0.847. The van der Waals surface area contributed by atoms with Gasteiger partial charge in [-0.1, -0.05) is 6.07 Å². The minimum Gasteiger partial charge on any atom is -0.310 e. The summed E-state index contributed by atoms with van der Waals surface area (Å²) in [5.74, 6) is 1.10. The molecule has 0 saturated carbocycles. The maximum Gasteiger partial charge on any atom is 0.226 e. The number of thioether (sulfide) groups is 1. The number of aryl methyl sites for hydroxylation is 3. The maximum atomic E-state index is 12.0. The average Bonchev–Trinajstić information content (AvgIpc) is 3.03. The van der Waals surface area contributed by atoms with E-state index in [9.17, 15) is 10.1 Å². The van der Waals surface area contributed by atoms with Crippen molar-refractivity contribution in [2.45, 2.75) is 37.6 Å². The van der Waals surface area contributed by atoms with Gasteiger partial charge >= 0.3 is 0 Å². The summed E-state index contributed by atoms with van der Waals surface area (Å²) in [6.07, 6.45) is 5.10. The third kappa shape index (κ3) is 3.74. The van der Waals surface area contributed by atoms with E-state index in [4.69, 9.17) is 0 Å². The molecule has 0 fully saturated rings. The van der Waals surface area contributed by atoms with Gasteiger partial charge in [-0.2, -0.15) is 5.26 Å². The van der Waals surface area contributed by atoms with Crippen LogP contribution in [0.1, 0.15) is 35.2 Å². The Kier molecular flexibility index (Phi) is 5.11. The first-order valence-electron chi connectivity index (χ1n) is 7.94. The van der Waals surface area contributed by atoms with Gasteiger partial charge in [0.2, 0.25) is 5.91 Å². The standard InChI is InChI=1S/C18H18N4OS/c1-12-4-3-8-20-17(12)22-16(23)7-9-24-18-14(11-19)10-13-5-2-6-15(13)21-18/h3-4,8,10H,2,5-7,9H2,1H3,(H,20,22,23). The number of carbonyl (C=O) groups excluding carboxylic acids is 1. The van der Waals surface area contributed by atoms with Crippen molar-refractivity contribution in [1.82, 2.24) is 9.97 Å². The molecular formula is C18H18N4OS. The van der Waals surface area contributed by atoms with E-state index in [-0.39, 0.29) is 5.91 Å². The molecule has 122 valence electrons. The Labute approximate surface area is 145 Å². The summed E-state index contributed by atoms with van der Waals surface area (Å²) in [4.78, 5) is 20.8. The second-order valence-corrected chi connectivity index (χ2v) is 6.81. The minimum atomic E-state index is -0.0797. The van der Waals surface area contributed by atoms with Gasteiger partial charge in [0, 0.05) is 24.1 Å². The van der Waals surface area contributed by atoms with Crippen LogP contribution in [0.2, 0.25) is 0 Å². The highest BCUT2D eigenvalue weighted by Crippen LogP contribution is 2.28. The molecular weight excluding hydrogens is 320 g/mol. The van der Waals surface area contributed by atoms with Crippen LogP contribution in [0.4, 0.5) is 5.82 Å². The Bertz CT molecular complexity index is 813. The fourth-order valence-corrected chi connectivity index (χ4v) is 3.61. The number of amides is 1. The van der Waals surface area contributed by atoms with Crippen molar-refractivity contribution in [1.29, 1.82) is 5.26 Å². The van der Waals surface area contributed by atoms with Crippen LogP contribution >= 0.6 is 11.8 Å². The lowest BCUT2D eigenvalue weighted by atomic mass is 10.2. The molecule has 2 aromatic heterocycles. The summed E-state index contributed by atoms with van der Waals surface area (Å²) in [7, 11) is 0. The predicted octanol–water partition coefficient (Wildman–Crippen LogP) is 3.27. The van der Waals surface area contributed by atoms with Crippen molar-refractivity contribution < 1.29 is 4.79 Å². The second-order valence-electron chi connectivity index (χ2n) is 5.73. The van der Waals surface area contributed by atoms with E-state index in [0.717, 1.165) is 35.5 Å². The third-order valence-corrected chi connectivity index (χ3v) is 4.96. The molecule has 1 amide bonds. The number of hydrogen-bond donors (Lipinski definition) is 1. The number of aromatic nitrogens is 2. The van der Waals surface area contributed by atoms with Crippen LogP contribution in [0, 0.1) is 18.3 Å². The summed E-state index contributed by atoms with van der Waals surface area (Å²) >= 11 is 1.47. The smallest absolute Gasteiger partial charge is 0.226 e. The molecule has 1 aliphatic carbocycles. The third-order valence-electron chi connectivity index (χ3n) is 3.97. The van der Waals surface area contributed by atoms with Crippen molar-refractivity contribution in [2.24, 2.45) is 0 Å². The monoisotopic (exact) mass is 338 g/mol. The number of nitrogens with zero attached hydrogens (tertiary/aromatic N) is 3. The minimum absolute atomic E-state index is 0.0797. The molecule has 3 rings (SSSR count). The predicted molar refractivity (Wildman–Crippen MR) is 93.9 cm³/mol. The van der Waals surface area contributed by atoms with E-state index in [1.165, 1.54) is 17.3 Å². The number of nitriles is 1. The van der Waals surface area contributed by atoms with E-state index in [0.29, 0.717) is 23.6 Å². The molecule has 0 radical (unpaired) electrons. The van der Waals surface area contributed by atoms with Crippen LogP contribution < -0.4 is 5.32 Å². The fourth-order valence-electron chi connectivity index (χ4n) is 2.69. The van der Waals surface area contributed by atoms with E-state index >= 15 is 0 Å². The molecule has 0 unspecified atom stereocenters. The molecule has 0 spiro atoms. The molecule has 1 aliphatic rings. The molecule has 6 heteroatoms. The molecule has 0 aromatic carbocycles. The number of hydrogen-bond acceptors (Lipinski definition) is 5. The van der Waals surface area contributed by atoms with Crippen molar-refractivity contribution in [3.63, 3.8) is 0 Å². The average molecular weight is 338 g/mol. The molecule has 0 saturated heterocycles. The number of pyridine rings is 2. The largest absolute Gasteiger partial charge is 0.310 e. The molecule has 2 aromatic rings. The van der Waals surface area contributed by atoms with Gasteiger partial charge < -0.3 is 5.32 Å². The second kappa shape index (κ2) is 7.45. The van der Waals surface area contributed by atoms with Crippen LogP contribution in [0.25, 0.3) is 0 Å². The number of rotatable bonds is 5. The first-order chi connectivity index (χ1) is 11.7. The van der Waals surface area contributed by atoms with Crippen LogP contribution in [-0.4, -0.2) is 21.6 Å². The lowest BCUT2D eigenvalue weighted by molar-refractivity contribution is -0.115. The summed E-state index contributed by atoms with van der Waals surface area (Å²) in [6, 6.07) is 7.92. The van der Waals surface area contributed by atoms with Crippen molar-refractivity contribution >= 4 is 23.5 Å². The van der Waals surface area contributed by atoms with Crippen LogP contribution in [0.3, 0.4) is 0 Å². The van der Waals surface area contributed by atoms with Crippen LogP contribution in [0.15, 0.2) is 29.4 Å². The normalized spacial score (nSPS) is 12.5. The summed E-state index contributed by atoms with van der Waals surface area (Å²) in [5, 5.41) is 12.8. The summed E-state index contributed by atoms with van der Waals surface area (Å²) in [6.45, 7) is 1.91. The van der Waals surface area contributed by atoms with Crippen molar-refractivity contribution in [3.05, 3.63) is 46.8 Å². The van der Waals surface area contributed by atoms with Gasteiger partial charge in [-0.15, -0.1) is 11.8 Å². The first kappa shape index (κ1) is 16.5. The molecule has 2 heterocycles. The maximum absolute atomic E-state index is 12.0. The van der Waals surface area contributed by atoms with E-state index in [2.05, 4.69) is 21.4 Å². The molecule has 0 aliphatic heterocycles. The summed E-state index contributed by atoms with van der Waals surface area (Å²) < 4.78 is 0. The zero-order chi connectivity index (χ0) is 16.9. The van der Waals surface area contributed by atoms with Crippen LogP contribution in [-0.2, 0) is 17.6 Å². The Hall–Kier alpha value is -2.39. The topological polar surface area (TPSA) is 78.7 Å². The Morgan fingerprint density at radius 1 is 1.46 bits per heavy atom. The van der Waals surface area contributed by atoms with E-state index in [1.54, 1.807) is 6.20 Å². The van der Waals surface area contributed by atoms with Crippen LogP contribution in [0.5, 0.6) is 0 Å². The lowest BCUT2D eigenvalue weighted by Gasteiger charge is -2.08. The SMILES string of the molecule is Cc1cccnc1NC(=O)CCSc1nc2c(cc1C#N)CCC2. The number of nitrogens with one attached hydrogen (secondary N) is 1. The summed E-state index contributed by atoms with van der Waals surface area (Å²) in [5.41, 5.74) is 3.84. The van der Waals surface area contributed by atoms with Gasteiger partial charge in [-0.25, -0.2) is 9.97 Å². The lowest BCUT2D eigenvalue weighted by Crippen LogP contribution is -2.14. The van der Waals surface area contributed by atoms with Gasteiger partial charge in [0.05, 0.1) is 5.56 Å². The molecule has 0 atom stereocenters. The van der Waals surface area contributed by atoms with Gasteiger partial charge in [0.25, 0.3) is 0 Å². The van der Waals surface area contributed by atoms with Gasteiger partial charge in [-0.05, 0) is 49.4 Å². The molecule has 0 bridgehead atoms. The van der Waals surface area contributed by atoms with Crippen molar-refractivity contribution in [3.8, 4) is 6.07 Å². The highest BCUT2D eigenvalue weighted by molar-refractivity contribution is 7.99. The van der Waals surface area contributed by atoms with E-state index in [1.807, 2.05) is 25.1 Å². The number of carbonyl (C=O) groups is 1. The number of fused-ring (bicyclic) bond motifs is 1. The van der Waals surface area contributed by atoms with E-state index < -0.39 is 0 Å². The van der Waals surface area contributed by atoms with Gasteiger partial charge in [0.15, 0.2) is 0 Å². The Balaban J connectivity index is 1.58. The highest BCUT2D eigenvalue weighted by atomic mass is 32.2. The fraction of sp³-hybridized carbons (Fsp3) is 0.333. The number of anilines is 1. The molecule has 1 N–H and O–H groups in total. The zero-order valence-corrected chi connectivity index (χ0v) is 14.3.